The molecule has 24 heavy (non-hydrogen) atoms. The van der Waals surface area contributed by atoms with Gasteiger partial charge in [0.25, 0.3) is 0 Å². The van der Waals surface area contributed by atoms with E-state index in [-0.39, 0.29) is 23.8 Å². The summed E-state index contributed by atoms with van der Waals surface area (Å²) in [6, 6.07) is 7.62. The van der Waals surface area contributed by atoms with E-state index in [1.165, 1.54) is 0 Å². The standard InChI is InChI=1S/C18H23ClN2O3/c19-15-4-1-3-13(9-15)6-7-20-18(23)14-10-17(22)21(11-14)12-16-5-2-8-24-16/h1,3-4,9,14,16H,2,5-8,10-12H2,(H,20,23). The summed E-state index contributed by atoms with van der Waals surface area (Å²) in [5.41, 5.74) is 1.09. The first-order valence-electron chi connectivity index (χ1n) is 8.53. The Morgan fingerprint density at radius 1 is 1.42 bits per heavy atom. The van der Waals surface area contributed by atoms with E-state index >= 15 is 0 Å². The second-order valence-corrected chi connectivity index (χ2v) is 6.94. The maximum atomic E-state index is 12.3. The molecule has 2 unspecified atom stereocenters. The van der Waals surface area contributed by atoms with E-state index in [0.29, 0.717) is 31.1 Å². The second-order valence-electron chi connectivity index (χ2n) is 6.51. The Labute approximate surface area is 147 Å². The topological polar surface area (TPSA) is 58.6 Å². The van der Waals surface area contributed by atoms with E-state index in [4.69, 9.17) is 16.3 Å². The van der Waals surface area contributed by atoms with Crippen LogP contribution in [0.25, 0.3) is 0 Å². The first kappa shape index (κ1) is 17.2. The summed E-state index contributed by atoms with van der Waals surface area (Å²) >= 11 is 5.95. The van der Waals surface area contributed by atoms with Gasteiger partial charge in [-0.25, -0.2) is 0 Å². The molecule has 130 valence electrons. The van der Waals surface area contributed by atoms with Gasteiger partial charge in [-0.15, -0.1) is 0 Å². The van der Waals surface area contributed by atoms with Crippen LogP contribution in [0.1, 0.15) is 24.8 Å². The summed E-state index contributed by atoms with van der Waals surface area (Å²) in [5, 5.41) is 3.63. The van der Waals surface area contributed by atoms with Gasteiger partial charge in [0.15, 0.2) is 0 Å². The molecule has 2 aliphatic rings. The maximum Gasteiger partial charge on any atom is 0.225 e. The van der Waals surface area contributed by atoms with Gasteiger partial charge in [0.2, 0.25) is 11.8 Å². The van der Waals surface area contributed by atoms with Crippen LogP contribution in [0.2, 0.25) is 5.02 Å². The number of benzene rings is 1. The van der Waals surface area contributed by atoms with Crippen LogP contribution in [0.5, 0.6) is 0 Å². The first-order valence-corrected chi connectivity index (χ1v) is 8.91. The van der Waals surface area contributed by atoms with Gasteiger partial charge in [-0.2, -0.15) is 0 Å². The molecular weight excluding hydrogens is 328 g/mol. The first-order chi connectivity index (χ1) is 11.6. The Bertz CT molecular complexity index is 602. The van der Waals surface area contributed by atoms with Crippen molar-refractivity contribution < 1.29 is 14.3 Å². The van der Waals surface area contributed by atoms with Gasteiger partial charge in [0, 0.05) is 37.7 Å². The number of carbonyl (C=O) groups is 2. The van der Waals surface area contributed by atoms with Crippen molar-refractivity contribution in [2.75, 3.05) is 26.2 Å². The Balaban J connectivity index is 1.43. The van der Waals surface area contributed by atoms with E-state index in [9.17, 15) is 9.59 Å². The fourth-order valence-electron chi connectivity index (χ4n) is 3.33. The van der Waals surface area contributed by atoms with Crippen molar-refractivity contribution in [1.82, 2.24) is 10.2 Å². The van der Waals surface area contributed by atoms with E-state index in [1.54, 1.807) is 4.90 Å². The van der Waals surface area contributed by atoms with Crippen LogP contribution in [-0.2, 0) is 20.7 Å². The molecule has 0 aliphatic carbocycles. The predicted octanol–water partition coefficient (Wildman–Crippen LogP) is 2.03. The van der Waals surface area contributed by atoms with E-state index < -0.39 is 0 Å². The molecule has 2 atom stereocenters. The van der Waals surface area contributed by atoms with E-state index in [2.05, 4.69) is 5.32 Å². The SMILES string of the molecule is O=C(NCCc1cccc(Cl)c1)C1CC(=O)N(CC2CCCO2)C1. The lowest BCUT2D eigenvalue weighted by Crippen LogP contribution is -2.36. The molecule has 1 aromatic rings. The molecule has 2 saturated heterocycles. The minimum absolute atomic E-state index is 0.0415. The Hall–Kier alpha value is -1.59. The molecule has 2 heterocycles. The monoisotopic (exact) mass is 350 g/mol. The highest BCUT2D eigenvalue weighted by atomic mass is 35.5. The van der Waals surface area contributed by atoms with E-state index in [1.807, 2.05) is 24.3 Å². The fraction of sp³-hybridized carbons (Fsp3) is 0.556. The van der Waals surface area contributed by atoms with Gasteiger partial charge < -0.3 is 15.0 Å². The Morgan fingerprint density at radius 2 is 2.29 bits per heavy atom. The largest absolute Gasteiger partial charge is 0.376 e. The third kappa shape index (κ3) is 4.48. The summed E-state index contributed by atoms with van der Waals surface area (Å²) in [7, 11) is 0. The van der Waals surface area contributed by atoms with Gasteiger partial charge in [0.05, 0.1) is 12.0 Å². The molecule has 0 aromatic heterocycles. The second kappa shape index (κ2) is 7.99. The van der Waals surface area contributed by atoms with Gasteiger partial charge in [-0.05, 0) is 37.0 Å². The number of amides is 2. The molecule has 2 amide bonds. The lowest BCUT2D eigenvalue weighted by atomic mass is 10.1. The third-order valence-electron chi connectivity index (χ3n) is 4.64. The van der Waals surface area contributed by atoms with Gasteiger partial charge in [0.1, 0.15) is 0 Å². The van der Waals surface area contributed by atoms with Crippen LogP contribution in [-0.4, -0.2) is 49.1 Å². The highest BCUT2D eigenvalue weighted by molar-refractivity contribution is 6.30. The number of nitrogens with zero attached hydrogens (tertiary/aromatic N) is 1. The molecule has 6 heteroatoms. The molecule has 3 rings (SSSR count). The zero-order valence-electron chi connectivity index (χ0n) is 13.7. The van der Waals surface area contributed by atoms with Crippen molar-refractivity contribution in [3.8, 4) is 0 Å². The van der Waals surface area contributed by atoms with Crippen LogP contribution in [0.15, 0.2) is 24.3 Å². The minimum Gasteiger partial charge on any atom is -0.376 e. The fourth-order valence-corrected chi connectivity index (χ4v) is 3.54. The van der Waals surface area contributed by atoms with Crippen LogP contribution in [0.4, 0.5) is 0 Å². The van der Waals surface area contributed by atoms with Crippen molar-refractivity contribution in [3.05, 3.63) is 34.9 Å². The molecule has 1 N–H and O–H groups in total. The number of likely N-dealkylation sites (tertiary alicyclic amines) is 1. The number of ether oxygens (including phenoxy) is 1. The van der Waals surface area contributed by atoms with Crippen molar-refractivity contribution in [2.45, 2.75) is 31.8 Å². The molecular formula is C18H23ClN2O3. The molecule has 0 saturated carbocycles. The van der Waals surface area contributed by atoms with Gasteiger partial charge in [-0.1, -0.05) is 23.7 Å². The smallest absolute Gasteiger partial charge is 0.225 e. The van der Waals surface area contributed by atoms with Gasteiger partial charge in [-0.3, -0.25) is 9.59 Å². The Kier molecular flexibility index (Phi) is 5.74. The average molecular weight is 351 g/mol. The van der Waals surface area contributed by atoms with Crippen LogP contribution >= 0.6 is 11.6 Å². The van der Waals surface area contributed by atoms with Crippen molar-refractivity contribution in [3.63, 3.8) is 0 Å². The lowest BCUT2D eigenvalue weighted by Gasteiger charge is -2.20. The number of nitrogens with one attached hydrogen (secondary N) is 1. The minimum atomic E-state index is -0.252. The number of hydrogen-bond donors (Lipinski definition) is 1. The lowest BCUT2D eigenvalue weighted by molar-refractivity contribution is -0.129. The number of halogens is 1. The maximum absolute atomic E-state index is 12.3. The van der Waals surface area contributed by atoms with Crippen LogP contribution in [0, 0.1) is 5.92 Å². The number of carbonyl (C=O) groups excluding carboxylic acids is 2. The molecule has 0 spiro atoms. The molecule has 2 aliphatic heterocycles. The third-order valence-corrected chi connectivity index (χ3v) is 4.87. The molecule has 1 aromatic carbocycles. The summed E-state index contributed by atoms with van der Waals surface area (Å²) < 4.78 is 5.58. The summed E-state index contributed by atoms with van der Waals surface area (Å²) in [4.78, 5) is 26.1. The number of hydrogen-bond acceptors (Lipinski definition) is 3. The van der Waals surface area contributed by atoms with Crippen molar-refractivity contribution in [2.24, 2.45) is 5.92 Å². The highest BCUT2D eigenvalue weighted by Gasteiger charge is 2.35. The predicted molar refractivity (Wildman–Crippen MR) is 91.8 cm³/mol. The summed E-state index contributed by atoms with van der Waals surface area (Å²) in [5.74, 6) is -0.237. The zero-order valence-corrected chi connectivity index (χ0v) is 14.4. The number of rotatable bonds is 6. The van der Waals surface area contributed by atoms with Gasteiger partial charge >= 0.3 is 0 Å². The molecule has 2 fully saturated rings. The normalized spacial score (nSPS) is 23.7. The quantitative estimate of drug-likeness (QED) is 0.854. The average Bonchev–Trinajstić information content (AvgIpc) is 3.18. The van der Waals surface area contributed by atoms with E-state index in [0.717, 1.165) is 31.4 Å². The van der Waals surface area contributed by atoms with Crippen LogP contribution in [0.3, 0.4) is 0 Å². The molecule has 0 radical (unpaired) electrons. The highest BCUT2D eigenvalue weighted by Crippen LogP contribution is 2.21. The van der Waals surface area contributed by atoms with Crippen molar-refractivity contribution in [1.29, 1.82) is 0 Å². The molecule has 5 nitrogen and oxygen atoms in total. The molecule has 0 bridgehead atoms. The van der Waals surface area contributed by atoms with Crippen LogP contribution < -0.4 is 5.32 Å². The summed E-state index contributed by atoms with van der Waals surface area (Å²) in [6.07, 6.45) is 3.22. The Morgan fingerprint density at radius 3 is 3.04 bits per heavy atom. The summed E-state index contributed by atoms with van der Waals surface area (Å²) in [6.45, 7) is 2.45. The van der Waals surface area contributed by atoms with Crippen molar-refractivity contribution >= 4 is 23.4 Å². The zero-order chi connectivity index (χ0) is 16.9.